The standard InChI is InChI=1S/C23H24N6O3S2/c1-13-5-7-16(14(2)9-13)24-20(30)11-19-27-28-23(29(19)3)33-12-21(31)26-22-25-17-8-6-15(32-4)10-18(17)34-22/h5-10H,11-12H2,1-4H3,(H,24,30)(H,25,26,31). The van der Waals surface area contributed by atoms with Crippen LogP contribution < -0.4 is 15.4 Å². The van der Waals surface area contributed by atoms with Gasteiger partial charge in [-0.2, -0.15) is 0 Å². The number of thiazole rings is 1. The first-order valence-corrected chi connectivity index (χ1v) is 12.2. The van der Waals surface area contributed by atoms with Crippen molar-refractivity contribution in [2.75, 3.05) is 23.5 Å². The maximum absolute atomic E-state index is 12.5. The zero-order valence-electron chi connectivity index (χ0n) is 19.2. The summed E-state index contributed by atoms with van der Waals surface area (Å²) in [5.74, 6) is 1.02. The van der Waals surface area contributed by atoms with Gasteiger partial charge in [0.05, 0.1) is 29.5 Å². The molecule has 11 heteroatoms. The molecule has 0 aliphatic heterocycles. The van der Waals surface area contributed by atoms with Crippen LogP contribution in [0.15, 0.2) is 41.6 Å². The Morgan fingerprint density at radius 3 is 2.68 bits per heavy atom. The molecule has 2 amide bonds. The summed E-state index contributed by atoms with van der Waals surface area (Å²) in [6.07, 6.45) is 0.0821. The fraction of sp³-hybridized carbons (Fsp3) is 0.261. The molecule has 2 heterocycles. The summed E-state index contributed by atoms with van der Waals surface area (Å²) < 4.78 is 7.88. The van der Waals surface area contributed by atoms with E-state index < -0.39 is 0 Å². The predicted molar refractivity (Wildman–Crippen MR) is 135 cm³/mol. The SMILES string of the molecule is COc1ccc2nc(NC(=O)CSc3nnc(CC(=O)Nc4ccc(C)cc4C)n3C)sc2c1. The number of aryl methyl sites for hydroxylation is 2. The van der Waals surface area contributed by atoms with E-state index in [1.807, 2.05) is 50.2 Å². The number of ether oxygens (including phenoxy) is 1. The van der Waals surface area contributed by atoms with Crippen LogP contribution in [0.4, 0.5) is 10.8 Å². The van der Waals surface area contributed by atoms with E-state index in [-0.39, 0.29) is 24.0 Å². The Morgan fingerprint density at radius 1 is 1.09 bits per heavy atom. The van der Waals surface area contributed by atoms with Crippen molar-refractivity contribution in [3.05, 3.63) is 53.3 Å². The molecule has 0 aliphatic rings. The predicted octanol–water partition coefficient (Wildman–Crippen LogP) is 3.96. The monoisotopic (exact) mass is 496 g/mol. The third kappa shape index (κ3) is 5.54. The molecule has 0 saturated heterocycles. The summed E-state index contributed by atoms with van der Waals surface area (Å²) in [5.41, 5.74) is 3.71. The molecule has 0 bridgehead atoms. The molecule has 0 radical (unpaired) electrons. The zero-order chi connectivity index (χ0) is 24.2. The number of carbonyl (C=O) groups excluding carboxylic acids is 2. The Hall–Kier alpha value is -3.44. The normalized spacial score (nSPS) is 10.9. The van der Waals surface area contributed by atoms with E-state index in [9.17, 15) is 9.59 Å². The highest BCUT2D eigenvalue weighted by molar-refractivity contribution is 7.99. The summed E-state index contributed by atoms with van der Waals surface area (Å²) >= 11 is 2.63. The van der Waals surface area contributed by atoms with Gasteiger partial charge in [0.15, 0.2) is 10.3 Å². The van der Waals surface area contributed by atoms with Crippen molar-refractivity contribution >= 4 is 55.9 Å². The molecule has 34 heavy (non-hydrogen) atoms. The number of anilines is 2. The molecular weight excluding hydrogens is 472 g/mol. The van der Waals surface area contributed by atoms with E-state index in [1.165, 1.54) is 23.1 Å². The van der Waals surface area contributed by atoms with E-state index in [4.69, 9.17) is 4.74 Å². The third-order valence-electron chi connectivity index (χ3n) is 5.07. The maximum atomic E-state index is 12.5. The van der Waals surface area contributed by atoms with Crippen LogP contribution in [0, 0.1) is 13.8 Å². The second-order valence-electron chi connectivity index (χ2n) is 7.69. The van der Waals surface area contributed by atoms with Crippen LogP contribution in [0.5, 0.6) is 5.75 Å². The highest BCUT2D eigenvalue weighted by Crippen LogP contribution is 2.29. The van der Waals surface area contributed by atoms with Gasteiger partial charge in [0.2, 0.25) is 11.8 Å². The number of carbonyl (C=O) groups is 2. The van der Waals surface area contributed by atoms with Crippen molar-refractivity contribution in [3.8, 4) is 5.75 Å². The van der Waals surface area contributed by atoms with Crippen LogP contribution in [-0.2, 0) is 23.1 Å². The topological polar surface area (TPSA) is 111 Å². The number of aromatic nitrogens is 4. The Balaban J connectivity index is 1.32. The van der Waals surface area contributed by atoms with Crippen LogP contribution in [0.25, 0.3) is 10.2 Å². The Labute approximate surface area is 204 Å². The van der Waals surface area contributed by atoms with Crippen molar-refractivity contribution in [1.82, 2.24) is 19.7 Å². The average Bonchev–Trinajstić information content (AvgIpc) is 3.36. The largest absolute Gasteiger partial charge is 0.497 e. The lowest BCUT2D eigenvalue weighted by Gasteiger charge is -2.09. The molecule has 4 rings (SSSR count). The molecule has 4 aromatic rings. The molecule has 0 atom stereocenters. The molecule has 176 valence electrons. The Morgan fingerprint density at radius 2 is 1.91 bits per heavy atom. The van der Waals surface area contributed by atoms with Gasteiger partial charge in [-0.25, -0.2) is 4.98 Å². The van der Waals surface area contributed by atoms with Gasteiger partial charge in [-0.05, 0) is 43.7 Å². The van der Waals surface area contributed by atoms with Gasteiger partial charge < -0.3 is 19.9 Å². The van der Waals surface area contributed by atoms with Crippen molar-refractivity contribution < 1.29 is 14.3 Å². The molecule has 0 aliphatic carbocycles. The van der Waals surface area contributed by atoms with Crippen LogP contribution in [0.2, 0.25) is 0 Å². The first-order valence-electron chi connectivity index (χ1n) is 10.4. The van der Waals surface area contributed by atoms with Gasteiger partial charge in [-0.3, -0.25) is 9.59 Å². The molecule has 2 aromatic heterocycles. The molecule has 2 N–H and O–H groups in total. The highest BCUT2D eigenvalue weighted by Gasteiger charge is 2.16. The minimum absolute atomic E-state index is 0.0821. The number of rotatable bonds is 8. The van der Waals surface area contributed by atoms with E-state index in [1.54, 1.807) is 18.7 Å². The van der Waals surface area contributed by atoms with Crippen molar-refractivity contribution in [3.63, 3.8) is 0 Å². The Bertz CT molecular complexity index is 1360. The summed E-state index contributed by atoms with van der Waals surface area (Å²) in [6, 6.07) is 11.4. The lowest BCUT2D eigenvalue weighted by Crippen LogP contribution is -2.18. The number of hydrogen-bond donors (Lipinski definition) is 2. The number of nitrogens with one attached hydrogen (secondary N) is 2. The lowest BCUT2D eigenvalue weighted by atomic mass is 10.1. The number of methoxy groups -OCH3 is 1. The molecule has 2 aromatic carbocycles. The van der Waals surface area contributed by atoms with E-state index in [2.05, 4.69) is 25.8 Å². The van der Waals surface area contributed by atoms with Gasteiger partial charge in [0, 0.05) is 12.7 Å². The number of fused-ring (bicyclic) bond motifs is 1. The minimum atomic E-state index is -0.201. The average molecular weight is 497 g/mol. The number of amides is 2. The first kappa shape index (κ1) is 23.7. The summed E-state index contributed by atoms with van der Waals surface area (Å²) in [4.78, 5) is 29.3. The molecular formula is C23H24N6O3S2. The van der Waals surface area contributed by atoms with E-state index in [0.717, 1.165) is 32.8 Å². The van der Waals surface area contributed by atoms with Crippen molar-refractivity contribution in [1.29, 1.82) is 0 Å². The molecule has 0 fully saturated rings. The van der Waals surface area contributed by atoms with Crippen LogP contribution in [0.1, 0.15) is 17.0 Å². The van der Waals surface area contributed by atoms with E-state index in [0.29, 0.717) is 16.1 Å². The van der Waals surface area contributed by atoms with E-state index >= 15 is 0 Å². The second kappa shape index (κ2) is 10.2. The third-order valence-corrected chi connectivity index (χ3v) is 7.03. The maximum Gasteiger partial charge on any atom is 0.236 e. The second-order valence-corrected chi connectivity index (χ2v) is 9.66. The van der Waals surface area contributed by atoms with Gasteiger partial charge in [-0.1, -0.05) is 40.8 Å². The molecule has 0 saturated carbocycles. The Kier molecular flexibility index (Phi) is 7.13. The molecule has 0 spiro atoms. The first-order chi connectivity index (χ1) is 16.3. The van der Waals surface area contributed by atoms with Crippen LogP contribution in [0.3, 0.4) is 0 Å². The quantitative estimate of drug-likeness (QED) is 0.355. The van der Waals surface area contributed by atoms with Gasteiger partial charge >= 0.3 is 0 Å². The van der Waals surface area contributed by atoms with Crippen LogP contribution in [-0.4, -0.2) is 44.4 Å². The number of thioether (sulfide) groups is 1. The minimum Gasteiger partial charge on any atom is -0.497 e. The fourth-order valence-electron chi connectivity index (χ4n) is 3.29. The lowest BCUT2D eigenvalue weighted by molar-refractivity contribution is -0.116. The van der Waals surface area contributed by atoms with Gasteiger partial charge in [-0.15, -0.1) is 10.2 Å². The van der Waals surface area contributed by atoms with Crippen molar-refractivity contribution in [2.45, 2.75) is 25.4 Å². The van der Waals surface area contributed by atoms with Gasteiger partial charge in [0.25, 0.3) is 0 Å². The van der Waals surface area contributed by atoms with Gasteiger partial charge in [0.1, 0.15) is 11.6 Å². The zero-order valence-corrected chi connectivity index (χ0v) is 20.8. The number of nitrogens with zero attached hydrogens (tertiary/aromatic N) is 4. The molecule has 0 unspecified atom stereocenters. The molecule has 9 nitrogen and oxygen atoms in total. The summed E-state index contributed by atoms with van der Waals surface area (Å²) in [5, 5.41) is 15.1. The van der Waals surface area contributed by atoms with Crippen LogP contribution >= 0.6 is 23.1 Å². The fourth-order valence-corrected chi connectivity index (χ4v) is 4.93. The highest BCUT2D eigenvalue weighted by atomic mass is 32.2. The number of benzene rings is 2. The van der Waals surface area contributed by atoms with Crippen molar-refractivity contribution in [2.24, 2.45) is 7.05 Å². The summed E-state index contributed by atoms with van der Waals surface area (Å²) in [7, 11) is 3.39. The number of hydrogen-bond acceptors (Lipinski definition) is 8. The summed E-state index contributed by atoms with van der Waals surface area (Å²) in [6.45, 7) is 3.96. The smallest absolute Gasteiger partial charge is 0.236 e.